The lowest BCUT2D eigenvalue weighted by molar-refractivity contribution is 0.0989. The van der Waals surface area contributed by atoms with E-state index in [-0.39, 0.29) is 17.6 Å². The zero-order chi connectivity index (χ0) is 25.9. The van der Waals surface area contributed by atoms with Crippen molar-refractivity contribution in [3.8, 4) is 5.75 Å². The normalized spacial score (nSPS) is 18.2. The van der Waals surface area contributed by atoms with Gasteiger partial charge >= 0.3 is 0 Å². The highest BCUT2D eigenvalue weighted by atomic mass is 16.5. The predicted molar refractivity (Wildman–Crippen MR) is 146 cm³/mol. The van der Waals surface area contributed by atoms with Crippen LogP contribution in [0.15, 0.2) is 59.4 Å². The van der Waals surface area contributed by atoms with Gasteiger partial charge in [-0.05, 0) is 60.0 Å². The van der Waals surface area contributed by atoms with Crippen LogP contribution in [0.2, 0.25) is 0 Å². The Morgan fingerprint density at radius 1 is 1.03 bits per heavy atom. The highest BCUT2D eigenvalue weighted by Gasteiger charge is 2.34. The molecule has 0 spiro atoms. The van der Waals surface area contributed by atoms with Gasteiger partial charge in [0, 0.05) is 49.2 Å². The van der Waals surface area contributed by atoms with Gasteiger partial charge in [-0.2, -0.15) is 0 Å². The lowest BCUT2D eigenvalue weighted by atomic mass is 10.0. The van der Waals surface area contributed by atoms with Crippen molar-refractivity contribution in [1.82, 2.24) is 35.0 Å². The Morgan fingerprint density at radius 3 is 2.58 bits per heavy atom. The average molecular weight is 514 g/mol. The van der Waals surface area contributed by atoms with Gasteiger partial charge in [0.05, 0.1) is 12.6 Å². The first-order valence-corrected chi connectivity index (χ1v) is 13.8. The number of nitrogens with zero attached hydrogens (tertiary/aromatic N) is 6. The molecule has 6 rings (SSSR count). The molecule has 9 heteroatoms. The molecule has 1 aliphatic heterocycles. The highest BCUT2D eigenvalue weighted by Crippen LogP contribution is 2.34. The maximum Gasteiger partial charge on any atom is 0.253 e. The molecule has 1 saturated heterocycles. The standard InChI is InChI=1S/C29H35N7O2/c1-2-38-24-12-13-26-22(18-24)19-25(29(37)30-26)27(28-31-32-33-36(28)23-10-6-7-11-23)35-16-14-34(15-17-35)20-21-8-4-3-5-9-21/h3-5,8-9,12-13,18-19,23,27H,2,6-7,10-11,14-17,20H2,1H3,(H,30,37)/t27-/m0/s1. The fraction of sp³-hybridized carbons (Fsp3) is 0.448. The van der Waals surface area contributed by atoms with Crippen LogP contribution in [0.4, 0.5) is 0 Å². The summed E-state index contributed by atoms with van der Waals surface area (Å²) in [6.07, 6.45) is 4.51. The van der Waals surface area contributed by atoms with Gasteiger partial charge in [0.1, 0.15) is 11.8 Å². The molecule has 1 atom stereocenters. The number of piperazine rings is 1. The largest absolute Gasteiger partial charge is 0.494 e. The number of hydrogen-bond donors (Lipinski definition) is 1. The molecule has 0 amide bonds. The molecule has 4 aromatic rings. The van der Waals surface area contributed by atoms with Crippen LogP contribution >= 0.6 is 0 Å². The van der Waals surface area contributed by atoms with E-state index in [1.54, 1.807) is 0 Å². The molecule has 2 aromatic carbocycles. The Labute approximate surface area is 222 Å². The summed E-state index contributed by atoms with van der Waals surface area (Å²) in [5.41, 5.74) is 2.69. The van der Waals surface area contributed by atoms with Crippen LogP contribution in [0.25, 0.3) is 10.9 Å². The first-order chi connectivity index (χ1) is 18.7. The lowest BCUT2D eigenvalue weighted by Crippen LogP contribution is -2.48. The van der Waals surface area contributed by atoms with Crippen molar-refractivity contribution >= 4 is 10.9 Å². The average Bonchev–Trinajstić information content (AvgIpc) is 3.64. The molecule has 1 saturated carbocycles. The van der Waals surface area contributed by atoms with E-state index in [4.69, 9.17) is 4.74 Å². The molecule has 0 bridgehead atoms. The van der Waals surface area contributed by atoms with Gasteiger partial charge in [-0.3, -0.25) is 14.6 Å². The molecule has 1 aliphatic carbocycles. The maximum absolute atomic E-state index is 13.6. The van der Waals surface area contributed by atoms with Crippen LogP contribution in [0.3, 0.4) is 0 Å². The van der Waals surface area contributed by atoms with Crippen molar-refractivity contribution in [3.05, 3.63) is 81.9 Å². The topological polar surface area (TPSA) is 92.2 Å². The van der Waals surface area contributed by atoms with Crippen LogP contribution in [0.5, 0.6) is 5.75 Å². The second-order valence-corrected chi connectivity index (χ2v) is 10.4. The second kappa shape index (κ2) is 11.0. The van der Waals surface area contributed by atoms with Gasteiger partial charge in [-0.1, -0.05) is 43.2 Å². The SMILES string of the molecule is CCOc1ccc2[nH]c(=O)c([C@@H](c3nnnn3C3CCCC3)N3CCN(Cc4ccccc4)CC3)cc2c1. The van der Waals surface area contributed by atoms with Crippen LogP contribution < -0.4 is 10.3 Å². The fourth-order valence-electron chi connectivity index (χ4n) is 5.97. The summed E-state index contributed by atoms with van der Waals surface area (Å²) in [5.74, 6) is 1.55. The minimum atomic E-state index is -0.326. The third-order valence-corrected chi connectivity index (χ3v) is 7.90. The Hall–Kier alpha value is -3.56. The zero-order valence-electron chi connectivity index (χ0n) is 21.9. The minimum absolute atomic E-state index is 0.0978. The molecule has 0 unspecified atom stereocenters. The van der Waals surface area contributed by atoms with Crippen molar-refractivity contribution in [3.63, 3.8) is 0 Å². The van der Waals surface area contributed by atoms with Crippen LogP contribution in [-0.4, -0.2) is 67.8 Å². The zero-order valence-corrected chi connectivity index (χ0v) is 21.9. The van der Waals surface area contributed by atoms with Crippen LogP contribution in [-0.2, 0) is 6.54 Å². The van der Waals surface area contributed by atoms with Crippen molar-refractivity contribution < 1.29 is 4.74 Å². The van der Waals surface area contributed by atoms with Gasteiger partial charge in [0.25, 0.3) is 5.56 Å². The smallest absolute Gasteiger partial charge is 0.253 e. The third kappa shape index (κ3) is 5.08. The van der Waals surface area contributed by atoms with Crippen LogP contribution in [0, 0.1) is 0 Å². The number of pyridine rings is 1. The molecule has 9 nitrogen and oxygen atoms in total. The monoisotopic (exact) mass is 513 g/mol. The summed E-state index contributed by atoms with van der Waals surface area (Å²) < 4.78 is 7.73. The van der Waals surface area contributed by atoms with E-state index in [2.05, 4.69) is 60.6 Å². The van der Waals surface area contributed by atoms with E-state index in [9.17, 15) is 4.79 Å². The Kier molecular flexibility index (Phi) is 7.20. The number of fused-ring (bicyclic) bond motifs is 1. The van der Waals surface area contributed by atoms with Gasteiger partial charge < -0.3 is 9.72 Å². The van der Waals surface area contributed by atoms with Crippen molar-refractivity contribution in [2.75, 3.05) is 32.8 Å². The summed E-state index contributed by atoms with van der Waals surface area (Å²) in [4.78, 5) is 21.5. The number of nitrogens with one attached hydrogen (secondary N) is 1. The molecule has 1 N–H and O–H groups in total. The number of H-pyrrole nitrogens is 1. The summed E-state index contributed by atoms with van der Waals surface area (Å²) >= 11 is 0. The number of aromatic nitrogens is 5. The van der Waals surface area contributed by atoms with E-state index in [0.29, 0.717) is 12.2 Å². The molecule has 198 valence electrons. The number of hydrogen-bond acceptors (Lipinski definition) is 7. The molecule has 2 aromatic heterocycles. The van der Waals surface area contributed by atoms with Crippen molar-refractivity contribution in [2.45, 2.75) is 51.2 Å². The molecule has 2 fully saturated rings. The van der Waals surface area contributed by atoms with Crippen LogP contribution in [0.1, 0.15) is 61.6 Å². The summed E-state index contributed by atoms with van der Waals surface area (Å²) in [7, 11) is 0. The summed E-state index contributed by atoms with van der Waals surface area (Å²) in [6.45, 7) is 6.96. The molecule has 3 heterocycles. The minimum Gasteiger partial charge on any atom is -0.494 e. The van der Waals surface area contributed by atoms with Crippen molar-refractivity contribution in [1.29, 1.82) is 0 Å². The third-order valence-electron chi connectivity index (χ3n) is 7.90. The van der Waals surface area contributed by atoms with E-state index < -0.39 is 0 Å². The number of tetrazole rings is 1. The van der Waals surface area contributed by atoms with Gasteiger partial charge in [0.2, 0.25) is 0 Å². The second-order valence-electron chi connectivity index (χ2n) is 10.4. The van der Waals surface area contributed by atoms with E-state index in [1.165, 1.54) is 18.4 Å². The molecule has 38 heavy (non-hydrogen) atoms. The predicted octanol–water partition coefficient (Wildman–Crippen LogP) is 3.94. The molecular weight excluding hydrogens is 478 g/mol. The van der Waals surface area contributed by atoms with Gasteiger partial charge in [-0.15, -0.1) is 5.10 Å². The molecular formula is C29H35N7O2. The Balaban J connectivity index is 1.35. The lowest BCUT2D eigenvalue weighted by Gasteiger charge is -2.39. The number of aromatic amines is 1. The summed E-state index contributed by atoms with van der Waals surface area (Å²) in [6, 6.07) is 18.3. The molecule has 0 radical (unpaired) electrons. The van der Waals surface area contributed by atoms with Crippen molar-refractivity contribution in [2.24, 2.45) is 0 Å². The van der Waals surface area contributed by atoms with E-state index in [1.807, 2.05) is 35.9 Å². The first-order valence-electron chi connectivity index (χ1n) is 13.8. The Morgan fingerprint density at radius 2 is 1.82 bits per heavy atom. The molecule has 2 aliphatic rings. The highest BCUT2D eigenvalue weighted by molar-refractivity contribution is 5.80. The summed E-state index contributed by atoms with van der Waals surface area (Å²) in [5, 5.41) is 14.0. The van der Waals surface area contributed by atoms with Gasteiger partial charge in [-0.25, -0.2) is 4.68 Å². The Bertz CT molecular complexity index is 1420. The number of benzene rings is 2. The van der Waals surface area contributed by atoms with E-state index >= 15 is 0 Å². The quantitative estimate of drug-likeness (QED) is 0.382. The van der Waals surface area contributed by atoms with E-state index in [0.717, 1.165) is 68.0 Å². The maximum atomic E-state index is 13.6. The first kappa shape index (κ1) is 24.8. The number of ether oxygens (including phenoxy) is 1. The fourth-order valence-corrected chi connectivity index (χ4v) is 5.97. The number of rotatable bonds is 8. The van der Waals surface area contributed by atoms with Gasteiger partial charge in [0.15, 0.2) is 5.82 Å².